The number of hydroxylamine groups is 1. The number of rotatable bonds is 4. The smallest absolute Gasteiger partial charge is 0.212 e. The lowest BCUT2D eigenvalue weighted by Crippen LogP contribution is -2.28. The highest BCUT2D eigenvalue weighted by molar-refractivity contribution is 7.84. The van der Waals surface area contributed by atoms with Crippen molar-refractivity contribution in [2.24, 2.45) is 10.7 Å². The van der Waals surface area contributed by atoms with Gasteiger partial charge in [-0.1, -0.05) is 6.92 Å². The minimum absolute atomic E-state index is 0.0434. The summed E-state index contributed by atoms with van der Waals surface area (Å²) in [6.07, 6.45) is 0. The number of nitrogens with two attached hydrogens (primary N) is 1. The van der Waals surface area contributed by atoms with Crippen LogP contribution >= 0.6 is 0 Å². The maximum absolute atomic E-state index is 10.8. The molecular weight excluding hydrogens is 166 g/mol. The van der Waals surface area contributed by atoms with Crippen LogP contribution in [0.15, 0.2) is 4.99 Å². The van der Waals surface area contributed by atoms with Gasteiger partial charge in [0.2, 0.25) is 5.96 Å². The number of aliphatic imine (C=N–C) groups is 1. The van der Waals surface area contributed by atoms with Gasteiger partial charge in [0.25, 0.3) is 0 Å². The van der Waals surface area contributed by atoms with Gasteiger partial charge < -0.3 is 5.73 Å². The number of hydrogen-bond donors (Lipinski definition) is 3. The van der Waals surface area contributed by atoms with E-state index in [1.54, 1.807) is 5.48 Å². The minimum Gasteiger partial charge on any atom is -0.368 e. The third-order valence-electron chi connectivity index (χ3n) is 1.04. The molecule has 0 saturated heterocycles. The van der Waals surface area contributed by atoms with Gasteiger partial charge in [0.05, 0.1) is 6.54 Å². The zero-order chi connectivity index (χ0) is 8.69. The van der Waals surface area contributed by atoms with Crippen LogP contribution in [0.2, 0.25) is 0 Å². The molecule has 0 heterocycles. The highest BCUT2D eigenvalue weighted by atomic mass is 32.2. The molecule has 11 heavy (non-hydrogen) atoms. The number of nitrogens with zero attached hydrogens (tertiary/aromatic N) is 1. The molecule has 0 radical (unpaired) electrons. The van der Waals surface area contributed by atoms with Gasteiger partial charge in [-0.05, 0) is 0 Å². The molecule has 0 aromatic rings. The molecule has 0 aromatic heterocycles. The summed E-state index contributed by atoms with van der Waals surface area (Å²) in [5, 5.41) is 8.18. The topological polar surface area (TPSA) is 87.7 Å². The molecule has 5 nitrogen and oxygen atoms in total. The van der Waals surface area contributed by atoms with Crippen molar-refractivity contribution in [2.75, 3.05) is 18.1 Å². The lowest BCUT2D eigenvalue weighted by Gasteiger charge is -1.96. The lowest BCUT2D eigenvalue weighted by molar-refractivity contribution is 0.232. The summed E-state index contributed by atoms with van der Waals surface area (Å²) in [5.74, 6) is 1.07. The Bertz CT molecular complexity index is 160. The van der Waals surface area contributed by atoms with Gasteiger partial charge >= 0.3 is 0 Å². The van der Waals surface area contributed by atoms with Crippen molar-refractivity contribution in [3.63, 3.8) is 0 Å². The molecule has 0 fully saturated rings. The molecule has 0 rings (SSSR count). The summed E-state index contributed by atoms with van der Waals surface area (Å²) in [4.78, 5) is 3.67. The Labute approximate surface area is 68.1 Å². The van der Waals surface area contributed by atoms with Crippen molar-refractivity contribution in [1.82, 2.24) is 5.48 Å². The molecular formula is C5H13N3O2S. The Kier molecular flexibility index (Phi) is 5.77. The Morgan fingerprint density at radius 3 is 2.91 bits per heavy atom. The quantitative estimate of drug-likeness (QED) is 0.295. The molecule has 0 saturated carbocycles. The Hall–Kier alpha value is -0.620. The van der Waals surface area contributed by atoms with Crippen molar-refractivity contribution >= 4 is 16.8 Å². The second-order valence-electron chi connectivity index (χ2n) is 1.81. The Balaban J connectivity index is 3.48. The molecule has 1 unspecified atom stereocenters. The number of hydrogen-bond acceptors (Lipinski definition) is 3. The fraction of sp³-hybridized carbons (Fsp3) is 0.800. The average molecular weight is 179 g/mol. The minimum atomic E-state index is -0.817. The SMILES string of the molecule is CCS(=O)CCN=C(N)NO. The predicted octanol–water partition coefficient (Wildman–Crippen LogP) is -0.951. The maximum Gasteiger partial charge on any atom is 0.212 e. The van der Waals surface area contributed by atoms with E-state index < -0.39 is 10.8 Å². The van der Waals surface area contributed by atoms with E-state index in [1.165, 1.54) is 0 Å². The molecule has 0 aliphatic heterocycles. The van der Waals surface area contributed by atoms with Crippen LogP contribution in [-0.4, -0.2) is 33.4 Å². The van der Waals surface area contributed by atoms with Gasteiger partial charge in [0, 0.05) is 22.3 Å². The molecule has 0 bridgehead atoms. The predicted molar refractivity (Wildman–Crippen MR) is 45.0 cm³/mol. The van der Waals surface area contributed by atoms with E-state index in [2.05, 4.69) is 4.99 Å². The summed E-state index contributed by atoms with van der Waals surface area (Å²) >= 11 is 0. The molecule has 0 aliphatic rings. The van der Waals surface area contributed by atoms with E-state index in [1.807, 2.05) is 6.92 Å². The van der Waals surface area contributed by atoms with E-state index in [9.17, 15) is 4.21 Å². The lowest BCUT2D eigenvalue weighted by atomic mass is 10.8. The summed E-state index contributed by atoms with van der Waals surface area (Å²) in [7, 11) is -0.817. The standard InChI is InChI=1S/C5H13N3O2S/c1-2-11(10)4-3-7-5(6)8-9/h9H,2-4H2,1H3,(H3,6,7,8). The van der Waals surface area contributed by atoms with E-state index in [0.29, 0.717) is 18.1 Å². The van der Waals surface area contributed by atoms with Crippen molar-refractivity contribution in [3.8, 4) is 0 Å². The fourth-order valence-corrected chi connectivity index (χ4v) is 1.03. The molecule has 0 aliphatic carbocycles. The highest BCUT2D eigenvalue weighted by Gasteiger charge is 1.93. The maximum atomic E-state index is 10.8. The van der Waals surface area contributed by atoms with Crippen LogP contribution in [0.4, 0.5) is 0 Å². The molecule has 0 spiro atoms. The second-order valence-corrected chi connectivity index (χ2v) is 3.68. The third kappa shape index (κ3) is 5.81. The van der Waals surface area contributed by atoms with Gasteiger partial charge in [0.1, 0.15) is 0 Å². The summed E-state index contributed by atoms with van der Waals surface area (Å²) in [6.45, 7) is 2.22. The van der Waals surface area contributed by atoms with Crippen LogP contribution in [0, 0.1) is 0 Å². The van der Waals surface area contributed by atoms with E-state index in [4.69, 9.17) is 10.9 Å². The molecule has 66 valence electrons. The largest absolute Gasteiger partial charge is 0.368 e. The second kappa shape index (κ2) is 6.11. The summed E-state index contributed by atoms with van der Waals surface area (Å²) < 4.78 is 10.8. The van der Waals surface area contributed by atoms with E-state index >= 15 is 0 Å². The van der Waals surface area contributed by atoms with Crippen LogP contribution in [0.3, 0.4) is 0 Å². The molecule has 6 heteroatoms. The van der Waals surface area contributed by atoms with Crippen LogP contribution in [0.1, 0.15) is 6.92 Å². The van der Waals surface area contributed by atoms with Crippen LogP contribution in [0.5, 0.6) is 0 Å². The van der Waals surface area contributed by atoms with Crippen molar-refractivity contribution in [3.05, 3.63) is 0 Å². The average Bonchev–Trinajstić information content (AvgIpc) is 2.04. The first-order valence-electron chi connectivity index (χ1n) is 3.25. The fourth-order valence-electron chi connectivity index (χ4n) is 0.448. The summed E-state index contributed by atoms with van der Waals surface area (Å²) in [5.41, 5.74) is 6.78. The normalized spacial score (nSPS) is 14.5. The molecule has 0 amide bonds. The molecule has 4 N–H and O–H groups in total. The third-order valence-corrected chi connectivity index (χ3v) is 2.32. The Morgan fingerprint density at radius 1 is 1.82 bits per heavy atom. The Morgan fingerprint density at radius 2 is 2.45 bits per heavy atom. The highest BCUT2D eigenvalue weighted by Crippen LogP contribution is 1.81. The number of nitrogens with one attached hydrogen (secondary N) is 1. The monoisotopic (exact) mass is 179 g/mol. The first kappa shape index (κ1) is 10.4. The van der Waals surface area contributed by atoms with E-state index in [-0.39, 0.29) is 5.96 Å². The first-order chi connectivity index (χ1) is 5.20. The van der Waals surface area contributed by atoms with Crippen LogP contribution in [-0.2, 0) is 10.8 Å². The van der Waals surface area contributed by atoms with Crippen molar-refractivity contribution in [1.29, 1.82) is 0 Å². The molecule has 0 aromatic carbocycles. The van der Waals surface area contributed by atoms with Crippen LogP contribution in [0.25, 0.3) is 0 Å². The van der Waals surface area contributed by atoms with Gasteiger partial charge in [0.15, 0.2) is 0 Å². The first-order valence-corrected chi connectivity index (χ1v) is 4.74. The molecule has 1 atom stereocenters. The van der Waals surface area contributed by atoms with Gasteiger partial charge in [-0.15, -0.1) is 0 Å². The van der Waals surface area contributed by atoms with E-state index in [0.717, 1.165) is 0 Å². The van der Waals surface area contributed by atoms with Gasteiger partial charge in [-0.25, -0.2) is 5.48 Å². The van der Waals surface area contributed by atoms with Crippen LogP contribution < -0.4 is 11.2 Å². The van der Waals surface area contributed by atoms with Gasteiger partial charge in [-0.2, -0.15) is 0 Å². The summed E-state index contributed by atoms with van der Waals surface area (Å²) in [6, 6.07) is 0. The van der Waals surface area contributed by atoms with Crippen molar-refractivity contribution in [2.45, 2.75) is 6.92 Å². The van der Waals surface area contributed by atoms with Gasteiger partial charge in [-0.3, -0.25) is 14.4 Å². The zero-order valence-corrected chi connectivity index (χ0v) is 7.23. The number of guanidine groups is 1. The zero-order valence-electron chi connectivity index (χ0n) is 6.41. The van der Waals surface area contributed by atoms with Crippen molar-refractivity contribution < 1.29 is 9.42 Å².